The van der Waals surface area contributed by atoms with Crippen molar-refractivity contribution < 1.29 is 19.0 Å². The molecular formula is C21H27NO4. The van der Waals surface area contributed by atoms with Crippen molar-refractivity contribution in [1.82, 2.24) is 4.90 Å². The van der Waals surface area contributed by atoms with Crippen LogP contribution >= 0.6 is 0 Å². The molecule has 2 rings (SSSR count). The number of rotatable bonds is 8. The van der Waals surface area contributed by atoms with Crippen molar-refractivity contribution in [1.29, 1.82) is 0 Å². The largest absolute Gasteiger partial charge is 0.493 e. The number of aryl methyl sites for hydroxylation is 2. The van der Waals surface area contributed by atoms with E-state index < -0.39 is 0 Å². The Labute approximate surface area is 155 Å². The van der Waals surface area contributed by atoms with Crippen molar-refractivity contribution in [3.8, 4) is 17.2 Å². The van der Waals surface area contributed by atoms with Crippen LogP contribution in [0.1, 0.15) is 16.7 Å². The van der Waals surface area contributed by atoms with Gasteiger partial charge in [-0.1, -0.05) is 12.1 Å². The first-order valence-corrected chi connectivity index (χ1v) is 8.59. The fourth-order valence-corrected chi connectivity index (χ4v) is 2.73. The molecular weight excluding hydrogens is 330 g/mol. The van der Waals surface area contributed by atoms with Crippen LogP contribution in [0.5, 0.6) is 17.2 Å². The molecule has 0 atom stereocenters. The quantitative estimate of drug-likeness (QED) is 0.726. The lowest BCUT2D eigenvalue weighted by Gasteiger charge is -2.18. The predicted molar refractivity (Wildman–Crippen MR) is 102 cm³/mol. The average molecular weight is 357 g/mol. The third kappa shape index (κ3) is 5.41. The van der Waals surface area contributed by atoms with Crippen LogP contribution in [0.2, 0.25) is 0 Å². The van der Waals surface area contributed by atoms with Crippen molar-refractivity contribution in [2.24, 2.45) is 0 Å². The number of methoxy groups -OCH3 is 2. The molecule has 140 valence electrons. The molecule has 5 nitrogen and oxygen atoms in total. The fourth-order valence-electron chi connectivity index (χ4n) is 2.73. The van der Waals surface area contributed by atoms with E-state index in [9.17, 15) is 4.79 Å². The summed E-state index contributed by atoms with van der Waals surface area (Å²) in [6, 6.07) is 11.7. The highest BCUT2D eigenvalue weighted by molar-refractivity contribution is 5.77. The number of hydrogen-bond acceptors (Lipinski definition) is 4. The van der Waals surface area contributed by atoms with E-state index in [0.717, 1.165) is 28.9 Å². The monoisotopic (exact) mass is 357 g/mol. The minimum Gasteiger partial charge on any atom is -0.493 e. The van der Waals surface area contributed by atoms with E-state index in [1.165, 1.54) is 0 Å². The third-order valence-electron chi connectivity index (χ3n) is 4.17. The lowest BCUT2D eigenvalue weighted by molar-refractivity contribution is -0.132. The lowest BCUT2D eigenvalue weighted by Crippen LogP contribution is -2.33. The molecule has 5 heteroatoms. The van der Waals surface area contributed by atoms with E-state index >= 15 is 0 Å². The summed E-state index contributed by atoms with van der Waals surface area (Å²) in [5.74, 6) is 2.06. The van der Waals surface area contributed by atoms with Gasteiger partial charge in [-0.25, -0.2) is 0 Å². The molecule has 0 saturated heterocycles. The number of nitrogens with zero attached hydrogens (tertiary/aromatic N) is 1. The van der Waals surface area contributed by atoms with E-state index in [4.69, 9.17) is 14.2 Å². The number of amides is 1. The molecule has 0 heterocycles. The smallest absolute Gasteiger partial charge is 0.260 e. The first kappa shape index (κ1) is 19.6. The molecule has 0 bridgehead atoms. The van der Waals surface area contributed by atoms with Crippen LogP contribution in [0, 0.1) is 13.8 Å². The zero-order valence-corrected chi connectivity index (χ0v) is 16.2. The molecule has 0 unspecified atom stereocenters. The summed E-state index contributed by atoms with van der Waals surface area (Å²) < 4.78 is 16.2. The Kier molecular flexibility index (Phi) is 6.89. The molecule has 0 saturated carbocycles. The molecule has 0 spiro atoms. The van der Waals surface area contributed by atoms with Crippen LogP contribution in [0.15, 0.2) is 36.4 Å². The molecule has 0 fully saturated rings. The van der Waals surface area contributed by atoms with Crippen LogP contribution in [-0.4, -0.2) is 45.2 Å². The number of hydrogen-bond donors (Lipinski definition) is 0. The number of ether oxygens (including phenoxy) is 3. The molecule has 0 aliphatic rings. The van der Waals surface area contributed by atoms with Crippen LogP contribution < -0.4 is 14.2 Å². The number of carbonyl (C=O) groups is 1. The number of carbonyl (C=O) groups excluding carboxylic acids is 1. The van der Waals surface area contributed by atoms with Crippen molar-refractivity contribution in [2.45, 2.75) is 20.3 Å². The summed E-state index contributed by atoms with van der Waals surface area (Å²) in [6.07, 6.45) is 0.728. The van der Waals surface area contributed by atoms with E-state index in [0.29, 0.717) is 18.0 Å². The van der Waals surface area contributed by atoms with Gasteiger partial charge in [0.25, 0.3) is 5.91 Å². The van der Waals surface area contributed by atoms with Crippen molar-refractivity contribution in [3.05, 3.63) is 53.1 Å². The van der Waals surface area contributed by atoms with Crippen molar-refractivity contribution in [2.75, 3.05) is 34.4 Å². The van der Waals surface area contributed by atoms with Gasteiger partial charge in [0.2, 0.25) is 0 Å². The van der Waals surface area contributed by atoms with Crippen LogP contribution in [-0.2, 0) is 11.2 Å². The van der Waals surface area contributed by atoms with E-state index in [2.05, 4.69) is 6.07 Å². The molecule has 2 aromatic carbocycles. The summed E-state index contributed by atoms with van der Waals surface area (Å²) in [7, 11) is 5.01. The molecule has 0 aliphatic carbocycles. The van der Waals surface area contributed by atoms with Crippen molar-refractivity contribution >= 4 is 5.91 Å². The van der Waals surface area contributed by atoms with Gasteiger partial charge in [-0.05, 0) is 61.2 Å². The second-order valence-electron chi connectivity index (χ2n) is 6.37. The summed E-state index contributed by atoms with van der Waals surface area (Å²) in [4.78, 5) is 14.0. The van der Waals surface area contributed by atoms with Crippen LogP contribution in [0.3, 0.4) is 0 Å². The number of likely N-dealkylation sites (N-methyl/N-ethyl adjacent to an activating group) is 1. The first-order chi connectivity index (χ1) is 12.4. The molecule has 0 N–H and O–H groups in total. The Hall–Kier alpha value is -2.69. The summed E-state index contributed by atoms with van der Waals surface area (Å²) in [5, 5.41) is 0. The van der Waals surface area contributed by atoms with Gasteiger partial charge in [0, 0.05) is 13.6 Å². The van der Waals surface area contributed by atoms with Gasteiger partial charge in [0.15, 0.2) is 18.1 Å². The SMILES string of the molecule is COc1ccc(CCN(C)C(=O)COc2cc(C)cc(C)c2)cc1OC. The van der Waals surface area contributed by atoms with Gasteiger partial charge in [-0.2, -0.15) is 0 Å². The Morgan fingerprint density at radius 1 is 0.962 bits per heavy atom. The summed E-state index contributed by atoms with van der Waals surface area (Å²) >= 11 is 0. The summed E-state index contributed by atoms with van der Waals surface area (Å²) in [5.41, 5.74) is 3.32. The predicted octanol–water partition coefficient (Wildman–Crippen LogP) is 3.40. The molecule has 0 aromatic heterocycles. The first-order valence-electron chi connectivity index (χ1n) is 8.59. The highest BCUT2D eigenvalue weighted by Gasteiger charge is 2.11. The second kappa shape index (κ2) is 9.13. The molecule has 26 heavy (non-hydrogen) atoms. The van der Waals surface area contributed by atoms with Gasteiger partial charge >= 0.3 is 0 Å². The van der Waals surface area contributed by atoms with Crippen LogP contribution in [0.25, 0.3) is 0 Å². The number of benzene rings is 2. The van der Waals surface area contributed by atoms with E-state index in [1.807, 2.05) is 44.2 Å². The minimum atomic E-state index is -0.0513. The van der Waals surface area contributed by atoms with Gasteiger partial charge in [-0.15, -0.1) is 0 Å². The third-order valence-corrected chi connectivity index (χ3v) is 4.17. The highest BCUT2D eigenvalue weighted by Crippen LogP contribution is 2.27. The van der Waals surface area contributed by atoms with Gasteiger partial charge in [0.1, 0.15) is 5.75 Å². The molecule has 1 amide bonds. The van der Waals surface area contributed by atoms with Gasteiger partial charge < -0.3 is 19.1 Å². The zero-order valence-electron chi connectivity index (χ0n) is 16.2. The Morgan fingerprint density at radius 3 is 2.23 bits per heavy atom. The van der Waals surface area contributed by atoms with E-state index in [1.54, 1.807) is 26.2 Å². The summed E-state index contributed by atoms with van der Waals surface area (Å²) in [6.45, 7) is 4.66. The zero-order chi connectivity index (χ0) is 19.1. The maximum atomic E-state index is 12.3. The maximum Gasteiger partial charge on any atom is 0.260 e. The fraction of sp³-hybridized carbons (Fsp3) is 0.381. The standard InChI is InChI=1S/C21H27NO4/c1-15-10-16(2)12-18(11-15)26-14-21(23)22(3)9-8-17-6-7-19(24-4)20(13-17)25-5/h6-7,10-13H,8-9,14H2,1-5H3. The minimum absolute atomic E-state index is 0.0331. The van der Waals surface area contributed by atoms with Crippen LogP contribution in [0.4, 0.5) is 0 Å². The van der Waals surface area contributed by atoms with Gasteiger partial charge in [0.05, 0.1) is 14.2 Å². The molecule has 2 aromatic rings. The van der Waals surface area contributed by atoms with Crippen molar-refractivity contribution in [3.63, 3.8) is 0 Å². The molecule has 0 aliphatic heterocycles. The maximum absolute atomic E-state index is 12.3. The molecule has 0 radical (unpaired) electrons. The lowest BCUT2D eigenvalue weighted by atomic mass is 10.1. The second-order valence-corrected chi connectivity index (χ2v) is 6.37. The highest BCUT2D eigenvalue weighted by atomic mass is 16.5. The Morgan fingerprint density at radius 2 is 1.62 bits per heavy atom. The normalized spacial score (nSPS) is 10.3. The topological polar surface area (TPSA) is 48.0 Å². The average Bonchev–Trinajstić information content (AvgIpc) is 2.63. The Bertz CT molecular complexity index is 737. The Balaban J connectivity index is 1.87. The van der Waals surface area contributed by atoms with Gasteiger partial charge in [-0.3, -0.25) is 4.79 Å². The van der Waals surface area contributed by atoms with E-state index in [-0.39, 0.29) is 12.5 Å².